The standard InChI is InChI=1S/C29H38FN3O6/c1-15-13-16(2)31-25(34)22(15)33(8)26(35)20-14-21(30)24-23(17(20)3)37-29(7,38-24)18-9-11-19(12-10-18)32-27(36)39-28(4,5)6/h13-14,18-19H,9-12H2,1-8H3,(H,31,34)(H,32,36). The Hall–Kier alpha value is -3.56. The lowest BCUT2D eigenvalue weighted by Crippen LogP contribution is -2.48. The minimum atomic E-state index is -1.12. The molecule has 1 aromatic carbocycles. The molecule has 1 fully saturated rings. The minimum Gasteiger partial charge on any atom is -0.448 e. The smallest absolute Gasteiger partial charge is 0.407 e. The monoisotopic (exact) mass is 543 g/mol. The van der Waals surface area contributed by atoms with Gasteiger partial charge in [-0.1, -0.05) is 0 Å². The maximum atomic E-state index is 15.3. The topological polar surface area (TPSA) is 110 Å². The van der Waals surface area contributed by atoms with Gasteiger partial charge in [0.25, 0.3) is 17.3 Å². The van der Waals surface area contributed by atoms with Gasteiger partial charge in [-0.05, 0) is 84.9 Å². The van der Waals surface area contributed by atoms with E-state index in [-0.39, 0.29) is 34.7 Å². The van der Waals surface area contributed by atoms with E-state index in [1.807, 2.05) is 20.8 Å². The molecule has 0 bridgehead atoms. The van der Waals surface area contributed by atoms with E-state index in [2.05, 4.69) is 10.3 Å². The molecule has 1 aliphatic heterocycles. The number of nitrogens with one attached hydrogen (secondary N) is 2. The third-order valence-corrected chi connectivity index (χ3v) is 7.44. The number of fused-ring (bicyclic) bond motifs is 1. The Labute approximate surface area is 228 Å². The van der Waals surface area contributed by atoms with Gasteiger partial charge in [0.2, 0.25) is 5.75 Å². The number of rotatable bonds is 4. The van der Waals surface area contributed by atoms with E-state index in [9.17, 15) is 14.4 Å². The summed E-state index contributed by atoms with van der Waals surface area (Å²) in [5, 5.41) is 2.92. The predicted octanol–water partition coefficient (Wildman–Crippen LogP) is 5.29. The molecule has 0 saturated heterocycles. The number of amides is 2. The normalized spacial score (nSPS) is 22.4. The second-order valence-corrected chi connectivity index (χ2v) is 11.8. The van der Waals surface area contributed by atoms with Crippen LogP contribution in [0.2, 0.25) is 0 Å². The van der Waals surface area contributed by atoms with Crippen molar-refractivity contribution in [2.24, 2.45) is 5.92 Å². The van der Waals surface area contributed by atoms with Crippen LogP contribution in [0.25, 0.3) is 0 Å². The van der Waals surface area contributed by atoms with Crippen LogP contribution >= 0.6 is 0 Å². The zero-order valence-electron chi connectivity index (χ0n) is 23.9. The number of halogens is 1. The third-order valence-electron chi connectivity index (χ3n) is 7.44. The van der Waals surface area contributed by atoms with Crippen LogP contribution in [-0.4, -0.2) is 41.5 Å². The zero-order valence-corrected chi connectivity index (χ0v) is 23.9. The van der Waals surface area contributed by atoms with Gasteiger partial charge >= 0.3 is 6.09 Å². The quantitative estimate of drug-likeness (QED) is 0.543. The molecule has 1 saturated carbocycles. The maximum Gasteiger partial charge on any atom is 0.407 e. The minimum absolute atomic E-state index is 0.0208. The number of nitrogens with zero attached hydrogens (tertiary/aromatic N) is 1. The van der Waals surface area contributed by atoms with Crippen molar-refractivity contribution in [1.29, 1.82) is 0 Å². The molecule has 0 radical (unpaired) electrons. The molecular formula is C29H38FN3O6. The van der Waals surface area contributed by atoms with Crippen LogP contribution in [0.4, 0.5) is 14.9 Å². The number of anilines is 1. The molecular weight excluding hydrogens is 505 g/mol. The largest absolute Gasteiger partial charge is 0.448 e. The molecule has 2 heterocycles. The molecule has 212 valence electrons. The molecule has 1 atom stereocenters. The summed E-state index contributed by atoms with van der Waals surface area (Å²) in [5.41, 5.74) is 1.07. The van der Waals surface area contributed by atoms with Gasteiger partial charge in [0.1, 0.15) is 11.3 Å². The number of hydrogen-bond acceptors (Lipinski definition) is 6. The molecule has 0 spiro atoms. The van der Waals surface area contributed by atoms with Gasteiger partial charge in [0.05, 0.1) is 0 Å². The first-order valence-corrected chi connectivity index (χ1v) is 13.3. The number of carbonyl (C=O) groups is 2. The van der Waals surface area contributed by atoms with Gasteiger partial charge in [-0.15, -0.1) is 0 Å². The molecule has 1 aromatic heterocycles. The Kier molecular flexibility index (Phi) is 7.44. The second kappa shape index (κ2) is 10.2. The maximum absolute atomic E-state index is 15.3. The highest BCUT2D eigenvalue weighted by atomic mass is 19.1. The van der Waals surface area contributed by atoms with E-state index in [0.29, 0.717) is 42.5 Å². The Bertz CT molecular complexity index is 1360. The van der Waals surface area contributed by atoms with Gasteiger partial charge in [0.15, 0.2) is 11.6 Å². The van der Waals surface area contributed by atoms with E-state index in [1.54, 1.807) is 33.8 Å². The first-order valence-electron chi connectivity index (χ1n) is 13.3. The summed E-state index contributed by atoms with van der Waals surface area (Å²) in [6.07, 6.45) is 2.33. The fourth-order valence-corrected chi connectivity index (χ4v) is 5.52. The van der Waals surface area contributed by atoms with Gasteiger partial charge in [-0.3, -0.25) is 9.59 Å². The van der Waals surface area contributed by atoms with E-state index in [4.69, 9.17) is 14.2 Å². The Morgan fingerprint density at radius 1 is 1.10 bits per heavy atom. The number of alkyl carbamates (subject to hydrolysis) is 1. The predicted molar refractivity (Wildman–Crippen MR) is 145 cm³/mol. The van der Waals surface area contributed by atoms with Crippen molar-refractivity contribution >= 4 is 17.7 Å². The van der Waals surface area contributed by atoms with Gasteiger partial charge < -0.3 is 29.4 Å². The number of aromatic amines is 1. The molecule has 4 rings (SSSR count). The van der Waals surface area contributed by atoms with E-state index in [0.717, 1.165) is 6.07 Å². The van der Waals surface area contributed by atoms with Crippen LogP contribution in [-0.2, 0) is 4.74 Å². The van der Waals surface area contributed by atoms with Crippen molar-refractivity contribution in [1.82, 2.24) is 10.3 Å². The van der Waals surface area contributed by atoms with Crippen LogP contribution in [0.5, 0.6) is 11.5 Å². The molecule has 2 amide bonds. The fraction of sp³-hybridized carbons (Fsp3) is 0.552. The van der Waals surface area contributed by atoms with E-state index in [1.165, 1.54) is 11.9 Å². The molecule has 2 aromatic rings. The summed E-state index contributed by atoms with van der Waals surface area (Å²) in [4.78, 5) is 42.1. The molecule has 10 heteroatoms. The third kappa shape index (κ3) is 5.74. The van der Waals surface area contributed by atoms with Crippen molar-refractivity contribution < 1.29 is 28.2 Å². The fourth-order valence-electron chi connectivity index (χ4n) is 5.52. The molecule has 39 heavy (non-hydrogen) atoms. The number of carbonyl (C=O) groups excluding carboxylic acids is 2. The first kappa shape index (κ1) is 28.4. The number of ether oxygens (including phenoxy) is 3. The number of H-pyrrole nitrogens is 1. The lowest BCUT2D eigenvalue weighted by atomic mass is 9.81. The average Bonchev–Trinajstić information content (AvgIpc) is 3.19. The van der Waals surface area contributed by atoms with Gasteiger partial charge in [-0.2, -0.15) is 0 Å². The van der Waals surface area contributed by atoms with Crippen molar-refractivity contribution in [2.45, 2.75) is 91.6 Å². The number of aryl methyl sites for hydroxylation is 2. The lowest BCUT2D eigenvalue weighted by molar-refractivity contribution is -0.122. The van der Waals surface area contributed by atoms with Crippen LogP contribution in [0, 0.1) is 32.5 Å². The highest BCUT2D eigenvalue weighted by Crippen LogP contribution is 2.49. The van der Waals surface area contributed by atoms with Crippen molar-refractivity contribution in [3.63, 3.8) is 0 Å². The first-order chi connectivity index (χ1) is 18.1. The van der Waals surface area contributed by atoms with Crippen LogP contribution in [0.3, 0.4) is 0 Å². The van der Waals surface area contributed by atoms with Gasteiger partial charge in [-0.25, -0.2) is 9.18 Å². The van der Waals surface area contributed by atoms with Crippen molar-refractivity contribution in [2.75, 3.05) is 11.9 Å². The van der Waals surface area contributed by atoms with Crippen molar-refractivity contribution in [3.05, 3.63) is 50.7 Å². The summed E-state index contributed by atoms with van der Waals surface area (Å²) in [6.45, 7) is 12.4. The molecule has 1 unspecified atom stereocenters. The van der Waals surface area contributed by atoms with E-state index >= 15 is 4.39 Å². The van der Waals surface area contributed by atoms with E-state index < -0.39 is 34.8 Å². The highest BCUT2D eigenvalue weighted by molar-refractivity contribution is 6.07. The summed E-state index contributed by atoms with van der Waals surface area (Å²) in [6, 6.07) is 2.88. The molecule has 1 aliphatic carbocycles. The van der Waals surface area contributed by atoms with Gasteiger partial charge in [0, 0.05) is 42.8 Å². The Balaban J connectivity index is 1.50. The number of benzene rings is 1. The number of pyridine rings is 1. The summed E-state index contributed by atoms with van der Waals surface area (Å²) in [7, 11) is 1.49. The molecule has 2 aliphatic rings. The summed E-state index contributed by atoms with van der Waals surface area (Å²) >= 11 is 0. The number of aromatic nitrogens is 1. The summed E-state index contributed by atoms with van der Waals surface area (Å²) < 4.78 is 33.0. The van der Waals surface area contributed by atoms with Crippen LogP contribution < -0.4 is 25.2 Å². The SMILES string of the molecule is Cc1cc(C)c(N(C)C(=O)c2cc(F)c3c(c2C)OC(C)(C2CCC(NC(=O)OC(C)(C)C)CC2)O3)c(=O)[nH]1. The van der Waals surface area contributed by atoms with Crippen LogP contribution in [0.1, 0.15) is 80.6 Å². The Morgan fingerprint density at radius 3 is 2.31 bits per heavy atom. The zero-order chi connectivity index (χ0) is 28.9. The molecule has 2 N–H and O–H groups in total. The highest BCUT2D eigenvalue weighted by Gasteiger charge is 2.48. The average molecular weight is 544 g/mol. The Morgan fingerprint density at radius 2 is 1.72 bits per heavy atom. The van der Waals surface area contributed by atoms with Crippen molar-refractivity contribution in [3.8, 4) is 11.5 Å². The lowest BCUT2D eigenvalue weighted by Gasteiger charge is -2.37. The molecule has 9 nitrogen and oxygen atoms in total. The summed E-state index contributed by atoms with van der Waals surface area (Å²) in [5.74, 6) is -2.24. The second-order valence-electron chi connectivity index (χ2n) is 11.8. The number of hydrogen-bond donors (Lipinski definition) is 2. The van der Waals surface area contributed by atoms with Crippen LogP contribution in [0.15, 0.2) is 16.9 Å².